The summed E-state index contributed by atoms with van der Waals surface area (Å²) in [4.78, 5) is 35.6. The van der Waals surface area contributed by atoms with Gasteiger partial charge in [-0.05, 0) is 56.2 Å². The molecule has 27 heavy (non-hydrogen) atoms. The molecule has 3 amide bonds. The van der Waals surface area contributed by atoms with Crippen LogP contribution in [-0.4, -0.2) is 30.6 Å². The molecule has 0 saturated heterocycles. The summed E-state index contributed by atoms with van der Waals surface area (Å²) in [7, 11) is 0. The van der Waals surface area contributed by atoms with Crippen LogP contribution in [0.15, 0.2) is 48.5 Å². The zero-order valence-corrected chi connectivity index (χ0v) is 15.4. The molecule has 0 aliphatic heterocycles. The lowest BCUT2D eigenvalue weighted by Crippen LogP contribution is -2.42. The number of para-hydroxylation sites is 1. The first-order valence-electron chi connectivity index (χ1n) is 8.41. The molecule has 2 N–H and O–H groups in total. The molecule has 0 spiro atoms. The number of nitrogens with one attached hydrogen (secondary N) is 2. The quantitative estimate of drug-likeness (QED) is 0.763. The largest absolute Gasteiger partial charge is 0.482 e. The van der Waals surface area contributed by atoms with E-state index in [9.17, 15) is 14.4 Å². The van der Waals surface area contributed by atoms with Gasteiger partial charge < -0.3 is 14.8 Å². The molecule has 0 aliphatic carbocycles. The van der Waals surface area contributed by atoms with Crippen molar-refractivity contribution >= 4 is 23.6 Å². The number of urea groups is 1. The van der Waals surface area contributed by atoms with Gasteiger partial charge in [-0.2, -0.15) is 0 Å². The summed E-state index contributed by atoms with van der Waals surface area (Å²) in [5, 5.41) is 4.62. The minimum atomic E-state index is -1.14. The van der Waals surface area contributed by atoms with Crippen molar-refractivity contribution in [3.05, 3.63) is 59.7 Å². The van der Waals surface area contributed by atoms with E-state index in [4.69, 9.17) is 9.47 Å². The van der Waals surface area contributed by atoms with Crippen molar-refractivity contribution in [2.24, 2.45) is 0 Å². The Balaban J connectivity index is 1.77. The second kappa shape index (κ2) is 9.38. The summed E-state index contributed by atoms with van der Waals surface area (Å²) in [6, 6.07) is 13.5. The second-order valence-electron chi connectivity index (χ2n) is 6.05. The van der Waals surface area contributed by atoms with Gasteiger partial charge in [0.15, 0.2) is 12.7 Å². The van der Waals surface area contributed by atoms with Crippen molar-refractivity contribution < 1.29 is 23.9 Å². The van der Waals surface area contributed by atoms with E-state index < -0.39 is 24.0 Å². The van der Waals surface area contributed by atoms with Crippen molar-refractivity contribution in [2.45, 2.75) is 26.9 Å². The molecule has 0 bridgehead atoms. The van der Waals surface area contributed by atoms with E-state index in [-0.39, 0.29) is 6.61 Å². The average Bonchev–Trinajstić information content (AvgIpc) is 2.60. The molecule has 0 heterocycles. The van der Waals surface area contributed by atoms with Gasteiger partial charge in [0.1, 0.15) is 5.75 Å². The van der Waals surface area contributed by atoms with Gasteiger partial charge in [0.25, 0.3) is 5.91 Å². The van der Waals surface area contributed by atoms with Crippen molar-refractivity contribution in [3.63, 3.8) is 0 Å². The van der Waals surface area contributed by atoms with E-state index in [2.05, 4.69) is 10.6 Å². The van der Waals surface area contributed by atoms with Gasteiger partial charge in [-0.1, -0.05) is 24.3 Å². The molecule has 2 aromatic carbocycles. The smallest absolute Gasteiger partial charge is 0.344 e. The minimum Gasteiger partial charge on any atom is -0.482 e. The highest BCUT2D eigenvalue weighted by Crippen LogP contribution is 2.16. The molecule has 142 valence electrons. The van der Waals surface area contributed by atoms with E-state index in [0.29, 0.717) is 11.4 Å². The lowest BCUT2D eigenvalue weighted by Gasteiger charge is -2.14. The number of imide groups is 1. The highest BCUT2D eigenvalue weighted by molar-refractivity contribution is 6.02. The number of hydrogen-bond acceptors (Lipinski definition) is 5. The van der Waals surface area contributed by atoms with Crippen LogP contribution in [0.1, 0.15) is 18.1 Å². The third-order valence-corrected chi connectivity index (χ3v) is 3.50. The van der Waals surface area contributed by atoms with Crippen molar-refractivity contribution in [1.29, 1.82) is 0 Å². The number of benzene rings is 2. The van der Waals surface area contributed by atoms with Gasteiger partial charge in [-0.3, -0.25) is 10.1 Å². The monoisotopic (exact) mass is 370 g/mol. The molecule has 1 unspecified atom stereocenters. The van der Waals surface area contributed by atoms with Gasteiger partial charge in [0, 0.05) is 5.69 Å². The highest BCUT2D eigenvalue weighted by atomic mass is 16.6. The summed E-state index contributed by atoms with van der Waals surface area (Å²) in [6.07, 6.45) is -1.14. The number of carbonyl (C=O) groups is 3. The third kappa shape index (κ3) is 6.81. The zero-order chi connectivity index (χ0) is 19.8. The van der Waals surface area contributed by atoms with Crippen LogP contribution in [0.2, 0.25) is 0 Å². The van der Waals surface area contributed by atoms with Gasteiger partial charge in [0.05, 0.1) is 0 Å². The minimum absolute atomic E-state index is 0.337. The Morgan fingerprint density at radius 1 is 1.00 bits per heavy atom. The molecule has 2 aromatic rings. The fourth-order valence-corrected chi connectivity index (χ4v) is 2.34. The van der Waals surface area contributed by atoms with E-state index in [1.165, 1.54) is 6.92 Å². The number of hydrogen-bond donors (Lipinski definition) is 2. The number of amides is 3. The Morgan fingerprint density at radius 3 is 2.26 bits per heavy atom. The van der Waals surface area contributed by atoms with E-state index in [0.717, 1.165) is 11.1 Å². The third-order valence-electron chi connectivity index (χ3n) is 3.50. The van der Waals surface area contributed by atoms with Crippen LogP contribution in [0, 0.1) is 13.8 Å². The van der Waals surface area contributed by atoms with Crippen LogP contribution in [-0.2, 0) is 14.3 Å². The molecule has 0 fully saturated rings. The Labute approximate surface area is 157 Å². The lowest BCUT2D eigenvalue weighted by atomic mass is 10.1. The average molecular weight is 370 g/mol. The summed E-state index contributed by atoms with van der Waals surface area (Å²) in [5.74, 6) is -0.896. The number of carbonyl (C=O) groups excluding carboxylic acids is 3. The maximum Gasteiger partial charge on any atom is 0.344 e. The van der Waals surface area contributed by atoms with Crippen LogP contribution < -0.4 is 15.4 Å². The van der Waals surface area contributed by atoms with Gasteiger partial charge >= 0.3 is 12.0 Å². The number of aryl methyl sites for hydroxylation is 2. The fraction of sp³-hybridized carbons (Fsp3) is 0.250. The van der Waals surface area contributed by atoms with Crippen molar-refractivity contribution in [2.75, 3.05) is 11.9 Å². The molecule has 0 saturated carbocycles. The Hall–Kier alpha value is -3.35. The summed E-state index contributed by atoms with van der Waals surface area (Å²) >= 11 is 0. The van der Waals surface area contributed by atoms with Crippen LogP contribution in [0.3, 0.4) is 0 Å². The molecule has 0 aromatic heterocycles. The standard InChI is InChI=1S/C20H22N2O5/c1-13-9-14(2)11-17(10-13)26-12-18(23)27-15(3)19(24)22-20(25)21-16-7-5-4-6-8-16/h4-11,15H,12H2,1-3H3,(H2,21,22,24,25). The topological polar surface area (TPSA) is 93.7 Å². The molecule has 7 nitrogen and oxygen atoms in total. The SMILES string of the molecule is Cc1cc(C)cc(OCC(=O)OC(C)C(=O)NC(=O)Nc2ccccc2)c1. The van der Waals surface area contributed by atoms with Crippen LogP contribution in [0.4, 0.5) is 10.5 Å². The lowest BCUT2D eigenvalue weighted by molar-refractivity contribution is -0.156. The summed E-state index contributed by atoms with van der Waals surface area (Å²) in [6.45, 7) is 4.88. The van der Waals surface area contributed by atoms with Crippen LogP contribution in [0.5, 0.6) is 5.75 Å². The number of rotatable bonds is 6. The number of anilines is 1. The predicted octanol–water partition coefficient (Wildman–Crippen LogP) is 2.96. The normalized spacial score (nSPS) is 11.2. The Kier molecular flexibility index (Phi) is 6.93. The molecule has 7 heteroatoms. The first kappa shape index (κ1) is 20.0. The van der Waals surface area contributed by atoms with Crippen molar-refractivity contribution in [1.82, 2.24) is 5.32 Å². The van der Waals surface area contributed by atoms with Crippen LogP contribution >= 0.6 is 0 Å². The Morgan fingerprint density at radius 2 is 1.63 bits per heavy atom. The van der Waals surface area contributed by atoms with Crippen molar-refractivity contribution in [3.8, 4) is 5.75 Å². The first-order chi connectivity index (χ1) is 12.8. The van der Waals surface area contributed by atoms with Crippen LogP contribution in [0.25, 0.3) is 0 Å². The Bertz CT molecular complexity index is 800. The molecular weight excluding hydrogens is 348 g/mol. The van der Waals surface area contributed by atoms with Gasteiger partial charge in [-0.15, -0.1) is 0 Å². The molecule has 2 rings (SSSR count). The summed E-state index contributed by atoms with van der Waals surface area (Å²) < 4.78 is 10.4. The molecular formula is C20H22N2O5. The predicted molar refractivity (Wildman–Crippen MR) is 101 cm³/mol. The molecule has 1 atom stereocenters. The fourth-order valence-electron chi connectivity index (χ4n) is 2.34. The molecule has 0 radical (unpaired) electrons. The van der Waals surface area contributed by atoms with Gasteiger partial charge in [0.2, 0.25) is 0 Å². The summed E-state index contributed by atoms with van der Waals surface area (Å²) in [5.41, 5.74) is 2.56. The highest BCUT2D eigenvalue weighted by Gasteiger charge is 2.20. The van der Waals surface area contributed by atoms with E-state index in [1.807, 2.05) is 19.9 Å². The molecule has 0 aliphatic rings. The maximum absolute atomic E-state index is 12.0. The zero-order valence-electron chi connectivity index (χ0n) is 15.4. The van der Waals surface area contributed by atoms with Gasteiger partial charge in [-0.25, -0.2) is 9.59 Å². The van der Waals surface area contributed by atoms with E-state index in [1.54, 1.807) is 42.5 Å². The second-order valence-corrected chi connectivity index (χ2v) is 6.05. The number of esters is 1. The first-order valence-corrected chi connectivity index (χ1v) is 8.41. The maximum atomic E-state index is 12.0. The number of ether oxygens (including phenoxy) is 2. The van der Waals surface area contributed by atoms with E-state index >= 15 is 0 Å².